The molecule has 2 aromatic rings. The predicted octanol–water partition coefficient (Wildman–Crippen LogP) is 3.48. The van der Waals surface area contributed by atoms with Gasteiger partial charge in [0.25, 0.3) is 0 Å². The van der Waals surface area contributed by atoms with Gasteiger partial charge in [-0.1, -0.05) is 37.3 Å². The quantitative estimate of drug-likeness (QED) is 0.884. The van der Waals surface area contributed by atoms with Crippen molar-refractivity contribution in [1.29, 1.82) is 0 Å². The molecule has 21 heavy (non-hydrogen) atoms. The number of methoxy groups -OCH3 is 1. The van der Waals surface area contributed by atoms with E-state index in [1.165, 1.54) is 0 Å². The number of anilines is 1. The van der Waals surface area contributed by atoms with Gasteiger partial charge in [-0.15, -0.1) is 0 Å². The standard InChI is InChI=1S/C16H20FN3O/c1-4-10-18-15-13(17)11(2)19-16(20-15)14(21-3)12-8-6-5-7-9-12/h5-9,14H,4,10H2,1-3H3,(H,18,19,20). The largest absolute Gasteiger partial charge is 0.369 e. The molecule has 4 nitrogen and oxygen atoms in total. The Morgan fingerprint density at radius 1 is 1.24 bits per heavy atom. The minimum absolute atomic E-state index is 0.234. The molecule has 0 radical (unpaired) electrons. The zero-order valence-electron chi connectivity index (χ0n) is 12.6. The van der Waals surface area contributed by atoms with Crippen LogP contribution in [0.5, 0.6) is 0 Å². The number of hydrogen-bond donors (Lipinski definition) is 1. The van der Waals surface area contributed by atoms with Crippen LogP contribution in [-0.4, -0.2) is 23.6 Å². The maximum absolute atomic E-state index is 14.0. The fourth-order valence-electron chi connectivity index (χ4n) is 2.08. The van der Waals surface area contributed by atoms with Gasteiger partial charge in [0.2, 0.25) is 0 Å². The van der Waals surface area contributed by atoms with Crippen LogP contribution in [0.25, 0.3) is 0 Å². The highest BCUT2D eigenvalue weighted by Crippen LogP contribution is 2.25. The van der Waals surface area contributed by atoms with Gasteiger partial charge < -0.3 is 10.1 Å². The number of rotatable bonds is 6. The molecule has 1 atom stereocenters. The SMILES string of the molecule is CCCNc1nc(C(OC)c2ccccc2)nc(C)c1F. The topological polar surface area (TPSA) is 47.0 Å². The number of nitrogens with zero attached hydrogens (tertiary/aromatic N) is 2. The number of halogens is 1. The monoisotopic (exact) mass is 289 g/mol. The summed E-state index contributed by atoms with van der Waals surface area (Å²) in [5.74, 6) is 0.286. The molecule has 0 bridgehead atoms. The third-order valence-electron chi connectivity index (χ3n) is 3.15. The highest BCUT2D eigenvalue weighted by Gasteiger charge is 2.20. The lowest BCUT2D eigenvalue weighted by molar-refractivity contribution is 0.128. The molecule has 112 valence electrons. The molecular weight excluding hydrogens is 269 g/mol. The summed E-state index contributed by atoms with van der Waals surface area (Å²) in [5.41, 5.74) is 1.25. The minimum Gasteiger partial charge on any atom is -0.369 e. The van der Waals surface area contributed by atoms with Gasteiger partial charge in [0, 0.05) is 13.7 Å². The first-order chi connectivity index (χ1) is 10.2. The molecule has 0 saturated carbocycles. The van der Waals surface area contributed by atoms with Gasteiger partial charge >= 0.3 is 0 Å². The van der Waals surface area contributed by atoms with Crippen molar-refractivity contribution in [2.45, 2.75) is 26.4 Å². The number of nitrogens with one attached hydrogen (secondary N) is 1. The highest BCUT2D eigenvalue weighted by atomic mass is 19.1. The van der Waals surface area contributed by atoms with Crippen LogP contribution in [-0.2, 0) is 4.74 Å². The van der Waals surface area contributed by atoms with Gasteiger partial charge in [-0.3, -0.25) is 0 Å². The van der Waals surface area contributed by atoms with Crippen molar-refractivity contribution in [3.05, 3.63) is 53.2 Å². The van der Waals surface area contributed by atoms with Crippen molar-refractivity contribution in [1.82, 2.24) is 9.97 Å². The Kier molecular flexibility index (Phi) is 5.22. The molecule has 1 unspecified atom stereocenters. The molecule has 1 aromatic carbocycles. The smallest absolute Gasteiger partial charge is 0.186 e. The molecule has 1 aromatic heterocycles. The molecule has 0 aliphatic rings. The molecule has 0 aliphatic heterocycles. The van der Waals surface area contributed by atoms with E-state index in [1.54, 1.807) is 14.0 Å². The summed E-state index contributed by atoms with van der Waals surface area (Å²) in [6, 6.07) is 9.66. The van der Waals surface area contributed by atoms with Gasteiger partial charge in [0.15, 0.2) is 17.5 Å². The molecule has 0 fully saturated rings. The Hall–Kier alpha value is -2.01. The summed E-state index contributed by atoms with van der Waals surface area (Å²) < 4.78 is 19.5. The zero-order chi connectivity index (χ0) is 15.2. The molecule has 1 N–H and O–H groups in total. The lowest BCUT2D eigenvalue weighted by atomic mass is 10.1. The maximum atomic E-state index is 14.0. The second-order valence-electron chi connectivity index (χ2n) is 4.78. The maximum Gasteiger partial charge on any atom is 0.186 e. The van der Waals surface area contributed by atoms with Crippen LogP contribution in [0.4, 0.5) is 10.2 Å². The predicted molar refractivity (Wildman–Crippen MR) is 80.8 cm³/mol. The van der Waals surface area contributed by atoms with Crippen LogP contribution >= 0.6 is 0 Å². The van der Waals surface area contributed by atoms with Crippen molar-refractivity contribution in [2.75, 3.05) is 19.0 Å². The van der Waals surface area contributed by atoms with Gasteiger partial charge in [-0.05, 0) is 18.9 Å². The van der Waals surface area contributed by atoms with E-state index in [4.69, 9.17) is 4.74 Å². The molecule has 1 heterocycles. The van der Waals surface area contributed by atoms with Crippen LogP contribution in [0.15, 0.2) is 30.3 Å². The number of ether oxygens (including phenoxy) is 1. The van der Waals surface area contributed by atoms with Crippen LogP contribution in [0.2, 0.25) is 0 Å². The summed E-state index contributed by atoms with van der Waals surface area (Å²) in [6.07, 6.45) is 0.484. The number of aromatic nitrogens is 2. The average molecular weight is 289 g/mol. The van der Waals surface area contributed by atoms with E-state index in [9.17, 15) is 4.39 Å². The lowest BCUT2D eigenvalue weighted by Crippen LogP contribution is -2.14. The van der Waals surface area contributed by atoms with Crippen LogP contribution < -0.4 is 5.32 Å². The van der Waals surface area contributed by atoms with Crippen molar-refractivity contribution >= 4 is 5.82 Å². The van der Waals surface area contributed by atoms with Crippen molar-refractivity contribution in [3.63, 3.8) is 0 Å². The van der Waals surface area contributed by atoms with E-state index in [0.29, 0.717) is 18.1 Å². The van der Waals surface area contributed by atoms with Crippen molar-refractivity contribution < 1.29 is 9.13 Å². The zero-order valence-corrected chi connectivity index (χ0v) is 12.6. The van der Waals surface area contributed by atoms with E-state index >= 15 is 0 Å². The Balaban J connectivity index is 2.40. The highest BCUT2D eigenvalue weighted by molar-refractivity contribution is 5.39. The van der Waals surface area contributed by atoms with E-state index < -0.39 is 11.9 Å². The number of hydrogen-bond acceptors (Lipinski definition) is 4. The molecule has 5 heteroatoms. The van der Waals surface area contributed by atoms with Gasteiger partial charge in [-0.2, -0.15) is 0 Å². The Morgan fingerprint density at radius 3 is 2.57 bits per heavy atom. The van der Waals surface area contributed by atoms with E-state index in [-0.39, 0.29) is 5.82 Å². The summed E-state index contributed by atoms with van der Waals surface area (Å²) >= 11 is 0. The minimum atomic E-state index is -0.410. The summed E-state index contributed by atoms with van der Waals surface area (Å²) in [6.45, 7) is 4.31. The fourth-order valence-corrected chi connectivity index (χ4v) is 2.08. The molecule has 0 spiro atoms. The van der Waals surface area contributed by atoms with Crippen LogP contribution in [0, 0.1) is 12.7 Å². The van der Waals surface area contributed by atoms with E-state index in [1.807, 2.05) is 37.3 Å². The molecule has 0 aliphatic carbocycles. The molecular formula is C16H20FN3O. The average Bonchev–Trinajstić information content (AvgIpc) is 2.51. The van der Waals surface area contributed by atoms with Crippen LogP contribution in [0.3, 0.4) is 0 Å². The first kappa shape index (κ1) is 15.4. The van der Waals surface area contributed by atoms with Crippen LogP contribution in [0.1, 0.15) is 36.5 Å². The number of aryl methyl sites for hydroxylation is 1. The Morgan fingerprint density at radius 2 is 1.95 bits per heavy atom. The third-order valence-corrected chi connectivity index (χ3v) is 3.15. The van der Waals surface area contributed by atoms with Gasteiger partial charge in [0.05, 0.1) is 5.69 Å². The Bertz CT molecular complexity index is 590. The normalized spacial score (nSPS) is 12.2. The second-order valence-corrected chi connectivity index (χ2v) is 4.78. The van der Waals surface area contributed by atoms with E-state index in [0.717, 1.165) is 12.0 Å². The second kappa shape index (κ2) is 7.13. The van der Waals surface area contributed by atoms with E-state index in [2.05, 4.69) is 15.3 Å². The Labute approximate surface area is 124 Å². The summed E-state index contributed by atoms with van der Waals surface area (Å²) in [7, 11) is 1.60. The third kappa shape index (κ3) is 3.55. The number of benzene rings is 1. The fraction of sp³-hybridized carbons (Fsp3) is 0.375. The first-order valence-electron chi connectivity index (χ1n) is 7.03. The van der Waals surface area contributed by atoms with Crippen molar-refractivity contribution in [3.8, 4) is 0 Å². The molecule has 0 amide bonds. The molecule has 0 saturated heterocycles. The first-order valence-corrected chi connectivity index (χ1v) is 7.03. The molecule has 2 rings (SSSR count). The summed E-state index contributed by atoms with van der Waals surface area (Å²) in [5, 5.41) is 2.99. The van der Waals surface area contributed by atoms with Crippen molar-refractivity contribution in [2.24, 2.45) is 0 Å². The van der Waals surface area contributed by atoms with Gasteiger partial charge in [-0.25, -0.2) is 14.4 Å². The summed E-state index contributed by atoms with van der Waals surface area (Å²) in [4.78, 5) is 8.53. The lowest BCUT2D eigenvalue weighted by Gasteiger charge is -2.17. The van der Waals surface area contributed by atoms with Gasteiger partial charge in [0.1, 0.15) is 6.10 Å².